The second-order valence-corrected chi connectivity index (χ2v) is 8.93. The topological polar surface area (TPSA) is 34.5 Å². The number of aromatic nitrogens is 1. The molecule has 5 rings (SSSR count). The quantitative estimate of drug-likeness (QED) is 0.318. The van der Waals surface area contributed by atoms with E-state index in [-0.39, 0.29) is 11.9 Å². The van der Waals surface area contributed by atoms with Crippen molar-refractivity contribution < 1.29 is 9.53 Å². The number of ether oxygens (including phenoxy) is 1. The minimum Gasteiger partial charge on any atom is -0.497 e. The van der Waals surface area contributed by atoms with Crippen LogP contribution in [0.2, 0.25) is 0 Å². The first-order valence-corrected chi connectivity index (χ1v) is 12.2. The monoisotopic (exact) mass is 462 g/mol. The molecule has 176 valence electrons. The van der Waals surface area contributed by atoms with Gasteiger partial charge < -0.3 is 14.2 Å². The number of fused-ring (bicyclic) bond motifs is 1. The van der Waals surface area contributed by atoms with Gasteiger partial charge in [-0.3, -0.25) is 4.79 Å². The molecule has 4 aromatic rings. The molecule has 35 heavy (non-hydrogen) atoms. The summed E-state index contributed by atoms with van der Waals surface area (Å²) >= 11 is 0. The molecule has 1 aliphatic heterocycles. The molecule has 0 aliphatic carbocycles. The summed E-state index contributed by atoms with van der Waals surface area (Å²) in [5.74, 6) is 7.27. The van der Waals surface area contributed by atoms with Gasteiger partial charge in [0, 0.05) is 23.0 Å². The molecule has 1 atom stereocenters. The molecule has 0 spiro atoms. The van der Waals surface area contributed by atoms with Crippen LogP contribution in [0.3, 0.4) is 0 Å². The third kappa shape index (κ3) is 4.42. The van der Waals surface area contributed by atoms with Gasteiger partial charge in [-0.2, -0.15) is 0 Å². The van der Waals surface area contributed by atoms with Gasteiger partial charge >= 0.3 is 0 Å². The number of para-hydroxylation sites is 1. The lowest BCUT2D eigenvalue weighted by atomic mass is 9.97. The number of benzene rings is 3. The predicted octanol–water partition coefficient (Wildman–Crippen LogP) is 6.25. The molecule has 3 aromatic carbocycles. The number of nitrogens with zero attached hydrogens (tertiary/aromatic N) is 2. The Balaban J connectivity index is 1.61. The van der Waals surface area contributed by atoms with Crippen molar-refractivity contribution in [2.24, 2.45) is 0 Å². The first kappa shape index (κ1) is 22.8. The van der Waals surface area contributed by atoms with Crippen molar-refractivity contribution >= 4 is 16.8 Å². The zero-order valence-electron chi connectivity index (χ0n) is 20.3. The van der Waals surface area contributed by atoms with E-state index in [2.05, 4.69) is 69.8 Å². The summed E-state index contributed by atoms with van der Waals surface area (Å²) in [6, 6.07) is 26.9. The van der Waals surface area contributed by atoms with Crippen molar-refractivity contribution in [3.8, 4) is 28.7 Å². The van der Waals surface area contributed by atoms with E-state index in [1.807, 2.05) is 37.3 Å². The first-order valence-electron chi connectivity index (χ1n) is 12.2. The Morgan fingerprint density at radius 3 is 2.63 bits per heavy atom. The van der Waals surface area contributed by atoms with E-state index in [9.17, 15) is 4.79 Å². The Morgan fingerprint density at radius 1 is 1.03 bits per heavy atom. The van der Waals surface area contributed by atoms with Crippen LogP contribution >= 0.6 is 0 Å². The van der Waals surface area contributed by atoms with Crippen LogP contribution in [0.25, 0.3) is 22.0 Å². The highest BCUT2D eigenvalue weighted by Crippen LogP contribution is 2.43. The summed E-state index contributed by atoms with van der Waals surface area (Å²) in [6.07, 6.45) is 2.30. The number of rotatable bonds is 6. The summed E-state index contributed by atoms with van der Waals surface area (Å²) in [5.41, 5.74) is 5.72. The molecule has 1 amide bonds. The second-order valence-electron chi connectivity index (χ2n) is 8.93. The normalized spacial score (nSPS) is 15.1. The highest BCUT2D eigenvalue weighted by atomic mass is 16.5. The minimum atomic E-state index is 0.00868. The van der Waals surface area contributed by atoms with Gasteiger partial charge in [0.15, 0.2) is 0 Å². The van der Waals surface area contributed by atoms with Crippen LogP contribution in [-0.4, -0.2) is 29.0 Å². The lowest BCUT2D eigenvalue weighted by molar-refractivity contribution is -0.131. The fourth-order valence-electron chi connectivity index (χ4n) is 5.31. The smallest absolute Gasteiger partial charge is 0.227 e. The number of amides is 1. The average molecular weight is 463 g/mol. The number of hydrogen-bond donors (Lipinski definition) is 0. The van der Waals surface area contributed by atoms with E-state index < -0.39 is 0 Å². The summed E-state index contributed by atoms with van der Waals surface area (Å²) in [6.45, 7) is 3.25. The maximum absolute atomic E-state index is 13.6. The van der Waals surface area contributed by atoms with Crippen LogP contribution in [0.4, 0.5) is 0 Å². The van der Waals surface area contributed by atoms with Crippen LogP contribution < -0.4 is 4.74 Å². The summed E-state index contributed by atoms with van der Waals surface area (Å²) < 4.78 is 7.69. The molecule has 1 aliphatic rings. The summed E-state index contributed by atoms with van der Waals surface area (Å²) in [7, 11) is 1.65. The number of methoxy groups -OCH3 is 1. The van der Waals surface area contributed by atoms with Gasteiger partial charge in [-0.1, -0.05) is 66.6 Å². The van der Waals surface area contributed by atoms with Crippen molar-refractivity contribution in [2.75, 3.05) is 13.7 Å². The van der Waals surface area contributed by atoms with Gasteiger partial charge in [-0.05, 0) is 49.1 Å². The standard InChI is InChI=1S/C31H30N2O2/c1-3-4-19-33-27-17-9-8-16-26(27)30(24-13-6-5-7-14-24)31(33)28-18-11-20-32(28)29(34)22-23-12-10-15-25(21-23)35-2/h5-10,12-17,21,28H,11,18-20,22H2,1-2H3. The third-order valence-electron chi connectivity index (χ3n) is 6.87. The number of carbonyl (C=O) groups is 1. The van der Waals surface area contributed by atoms with Crippen LogP contribution in [0, 0.1) is 11.8 Å². The molecule has 1 unspecified atom stereocenters. The van der Waals surface area contributed by atoms with Crippen LogP contribution in [0.5, 0.6) is 5.75 Å². The van der Waals surface area contributed by atoms with Gasteiger partial charge in [0.2, 0.25) is 5.91 Å². The van der Waals surface area contributed by atoms with Crippen LogP contribution in [0.15, 0.2) is 78.9 Å². The van der Waals surface area contributed by atoms with Crippen molar-refractivity contribution in [1.82, 2.24) is 9.47 Å². The van der Waals surface area contributed by atoms with Gasteiger partial charge in [0.1, 0.15) is 5.75 Å². The molecule has 0 N–H and O–H groups in total. The predicted molar refractivity (Wildman–Crippen MR) is 141 cm³/mol. The molecule has 2 heterocycles. The fourth-order valence-corrected chi connectivity index (χ4v) is 5.31. The highest BCUT2D eigenvalue weighted by Gasteiger charge is 2.35. The average Bonchev–Trinajstić information content (AvgIpc) is 3.51. The van der Waals surface area contributed by atoms with E-state index in [1.54, 1.807) is 7.11 Å². The maximum Gasteiger partial charge on any atom is 0.227 e. The summed E-state index contributed by atoms with van der Waals surface area (Å²) in [5, 5.41) is 1.21. The molecule has 1 fully saturated rings. The zero-order valence-corrected chi connectivity index (χ0v) is 20.3. The molecule has 1 saturated heterocycles. The van der Waals surface area contributed by atoms with E-state index >= 15 is 0 Å². The molecule has 0 bridgehead atoms. The number of hydrogen-bond acceptors (Lipinski definition) is 2. The summed E-state index contributed by atoms with van der Waals surface area (Å²) in [4.78, 5) is 15.7. The molecular formula is C31H30N2O2. The Bertz CT molecular complexity index is 1410. The Hall–Kier alpha value is -3.97. The van der Waals surface area contributed by atoms with E-state index in [4.69, 9.17) is 4.74 Å². The van der Waals surface area contributed by atoms with Gasteiger partial charge in [-0.25, -0.2) is 0 Å². The molecular weight excluding hydrogens is 432 g/mol. The second kappa shape index (κ2) is 10.1. The molecule has 1 aromatic heterocycles. The minimum absolute atomic E-state index is 0.00868. The van der Waals surface area contributed by atoms with E-state index in [0.29, 0.717) is 13.0 Å². The maximum atomic E-state index is 13.6. The third-order valence-corrected chi connectivity index (χ3v) is 6.87. The van der Waals surface area contributed by atoms with Crippen LogP contribution in [-0.2, 0) is 17.8 Å². The van der Waals surface area contributed by atoms with Crippen molar-refractivity contribution in [2.45, 2.75) is 38.8 Å². The van der Waals surface area contributed by atoms with E-state index in [0.717, 1.165) is 36.2 Å². The van der Waals surface area contributed by atoms with Crippen LogP contribution in [0.1, 0.15) is 37.1 Å². The van der Waals surface area contributed by atoms with Gasteiger partial charge in [0.25, 0.3) is 0 Å². The lowest BCUT2D eigenvalue weighted by Gasteiger charge is -2.27. The Morgan fingerprint density at radius 2 is 1.83 bits per heavy atom. The molecule has 4 heteroatoms. The zero-order chi connectivity index (χ0) is 24.2. The molecule has 0 radical (unpaired) electrons. The van der Waals surface area contributed by atoms with Crippen molar-refractivity contribution in [3.05, 3.63) is 90.1 Å². The van der Waals surface area contributed by atoms with Gasteiger partial charge in [0.05, 0.1) is 31.8 Å². The number of likely N-dealkylation sites (tertiary alicyclic amines) is 1. The number of carbonyl (C=O) groups excluding carboxylic acids is 1. The lowest BCUT2D eigenvalue weighted by Crippen LogP contribution is -2.33. The van der Waals surface area contributed by atoms with Crippen molar-refractivity contribution in [3.63, 3.8) is 0 Å². The SMILES string of the molecule is CC#CCn1c(C2CCCN2C(=O)Cc2cccc(OC)c2)c(-c2ccccc2)c2ccccc21. The van der Waals surface area contributed by atoms with Gasteiger partial charge in [-0.15, -0.1) is 5.92 Å². The first-order chi connectivity index (χ1) is 17.2. The molecule has 0 saturated carbocycles. The Labute approximate surface area is 207 Å². The largest absolute Gasteiger partial charge is 0.497 e. The molecule has 4 nitrogen and oxygen atoms in total. The fraction of sp³-hybridized carbons (Fsp3) is 0.258. The van der Waals surface area contributed by atoms with E-state index in [1.165, 1.54) is 22.2 Å². The Kier molecular flexibility index (Phi) is 6.59. The van der Waals surface area contributed by atoms with Crippen molar-refractivity contribution in [1.29, 1.82) is 0 Å². The highest BCUT2D eigenvalue weighted by molar-refractivity contribution is 5.98.